The summed E-state index contributed by atoms with van der Waals surface area (Å²) in [7, 11) is 1.98. The molecule has 0 bridgehead atoms. The molecule has 1 saturated heterocycles. The molecule has 5 heteroatoms. The Kier molecular flexibility index (Phi) is 3.46. The summed E-state index contributed by atoms with van der Waals surface area (Å²) >= 11 is 0. The number of amides is 2. The van der Waals surface area contributed by atoms with Gasteiger partial charge in [0.2, 0.25) is 11.8 Å². The minimum Gasteiger partial charge on any atom is -0.368 e. The van der Waals surface area contributed by atoms with Gasteiger partial charge in [-0.1, -0.05) is 0 Å². The molecule has 0 radical (unpaired) electrons. The molecule has 14 heavy (non-hydrogen) atoms. The van der Waals surface area contributed by atoms with E-state index in [0.717, 1.165) is 19.5 Å². The lowest BCUT2D eigenvalue weighted by Gasteiger charge is -2.14. The van der Waals surface area contributed by atoms with Crippen molar-refractivity contribution in [3.8, 4) is 0 Å². The smallest absolute Gasteiger partial charge is 0.239 e. The van der Waals surface area contributed by atoms with E-state index in [1.54, 1.807) is 6.92 Å². The van der Waals surface area contributed by atoms with Crippen LogP contribution >= 0.6 is 0 Å². The second kappa shape index (κ2) is 4.41. The van der Waals surface area contributed by atoms with Crippen LogP contribution < -0.4 is 11.1 Å². The third-order valence-electron chi connectivity index (χ3n) is 2.55. The molecule has 0 aromatic carbocycles. The third-order valence-corrected chi connectivity index (χ3v) is 2.55. The summed E-state index contributed by atoms with van der Waals surface area (Å²) in [5.74, 6) is -0.563. The Morgan fingerprint density at radius 2 is 2.21 bits per heavy atom. The molecule has 1 unspecified atom stereocenters. The first kappa shape index (κ1) is 11.0. The summed E-state index contributed by atoms with van der Waals surface area (Å²) in [6.07, 6.45) is 0.855. The van der Waals surface area contributed by atoms with Crippen molar-refractivity contribution in [3.05, 3.63) is 0 Å². The lowest BCUT2D eigenvalue weighted by molar-refractivity contribution is -0.129. The summed E-state index contributed by atoms with van der Waals surface area (Å²) in [6.45, 7) is 3.29. The van der Waals surface area contributed by atoms with Crippen molar-refractivity contribution in [1.82, 2.24) is 10.2 Å². The van der Waals surface area contributed by atoms with Crippen LogP contribution in [0.3, 0.4) is 0 Å². The van der Waals surface area contributed by atoms with Crippen molar-refractivity contribution >= 4 is 11.8 Å². The van der Waals surface area contributed by atoms with Crippen LogP contribution in [-0.2, 0) is 9.59 Å². The largest absolute Gasteiger partial charge is 0.368 e. The predicted octanol–water partition coefficient (Wildman–Crippen LogP) is -1.07. The summed E-state index contributed by atoms with van der Waals surface area (Å²) in [5, 5.41) is 2.60. The molecular formula is C9H17N3O2. The second-order valence-electron chi connectivity index (χ2n) is 3.88. The lowest BCUT2D eigenvalue weighted by atomic mass is 10.1. The minimum atomic E-state index is -0.576. The zero-order chi connectivity index (χ0) is 10.7. The van der Waals surface area contributed by atoms with Gasteiger partial charge < -0.3 is 16.0 Å². The fourth-order valence-corrected chi connectivity index (χ4v) is 1.55. The highest BCUT2D eigenvalue weighted by atomic mass is 16.2. The first-order valence-corrected chi connectivity index (χ1v) is 4.79. The van der Waals surface area contributed by atoms with E-state index in [2.05, 4.69) is 10.2 Å². The van der Waals surface area contributed by atoms with Gasteiger partial charge in [0.05, 0.1) is 5.92 Å². The topological polar surface area (TPSA) is 75.4 Å². The Bertz CT molecular complexity index is 242. The van der Waals surface area contributed by atoms with E-state index in [4.69, 9.17) is 5.73 Å². The van der Waals surface area contributed by atoms with Gasteiger partial charge in [0.25, 0.3) is 0 Å². The van der Waals surface area contributed by atoms with Crippen LogP contribution in [-0.4, -0.2) is 42.9 Å². The molecule has 0 aliphatic carbocycles. The van der Waals surface area contributed by atoms with Crippen LogP contribution in [0.2, 0.25) is 0 Å². The monoisotopic (exact) mass is 199 g/mol. The zero-order valence-electron chi connectivity index (χ0n) is 8.62. The maximum absolute atomic E-state index is 11.6. The van der Waals surface area contributed by atoms with E-state index in [0.29, 0.717) is 0 Å². The zero-order valence-corrected chi connectivity index (χ0v) is 8.62. The first-order valence-electron chi connectivity index (χ1n) is 4.79. The molecule has 1 aliphatic heterocycles. The fourth-order valence-electron chi connectivity index (χ4n) is 1.55. The van der Waals surface area contributed by atoms with E-state index in [-0.39, 0.29) is 11.8 Å². The molecule has 0 saturated carbocycles. The van der Waals surface area contributed by atoms with Gasteiger partial charge in [-0.2, -0.15) is 0 Å². The number of nitrogens with two attached hydrogens (primary N) is 1. The third kappa shape index (κ3) is 2.70. The number of nitrogens with one attached hydrogen (secondary N) is 1. The normalized spacial score (nSPS) is 24.6. The quantitative estimate of drug-likeness (QED) is 0.607. The fraction of sp³-hybridized carbons (Fsp3) is 0.778. The number of carbonyl (C=O) groups excluding carboxylic acids is 2. The van der Waals surface area contributed by atoms with Gasteiger partial charge in [0, 0.05) is 6.54 Å². The van der Waals surface area contributed by atoms with Crippen LogP contribution in [0.1, 0.15) is 13.3 Å². The Balaban J connectivity index is 2.39. The maximum Gasteiger partial charge on any atom is 0.239 e. The van der Waals surface area contributed by atoms with E-state index in [9.17, 15) is 9.59 Å². The Morgan fingerprint density at radius 1 is 1.57 bits per heavy atom. The molecule has 0 aromatic rings. The molecule has 1 aliphatic rings. The highest BCUT2D eigenvalue weighted by Gasteiger charge is 2.27. The number of rotatable bonds is 3. The van der Waals surface area contributed by atoms with Crippen LogP contribution in [0.4, 0.5) is 0 Å². The molecule has 2 amide bonds. The minimum absolute atomic E-state index is 0.00167. The summed E-state index contributed by atoms with van der Waals surface area (Å²) in [6, 6.07) is -0.576. The van der Waals surface area contributed by atoms with Crippen molar-refractivity contribution in [2.75, 3.05) is 20.1 Å². The van der Waals surface area contributed by atoms with E-state index >= 15 is 0 Å². The summed E-state index contributed by atoms with van der Waals surface area (Å²) < 4.78 is 0. The van der Waals surface area contributed by atoms with Gasteiger partial charge in [-0.3, -0.25) is 9.59 Å². The van der Waals surface area contributed by atoms with Crippen LogP contribution in [0, 0.1) is 5.92 Å². The Hall–Kier alpha value is -1.10. The molecule has 5 nitrogen and oxygen atoms in total. The molecule has 1 rings (SSSR count). The summed E-state index contributed by atoms with van der Waals surface area (Å²) in [5.41, 5.74) is 5.05. The molecular weight excluding hydrogens is 182 g/mol. The number of hydrogen-bond donors (Lipinski definition) is 2. The van der Waals surface area contributed by atoms with Crippen molar-refractivity contribution in [2.24, 2.45) is 11.7 Å². The van der Waals surface area contributed by atoms with Crippen molar-refractivity contribution < 1.29 is 9.59 Å². The second-order valence-corrected chi connectivity index (χ2v) is 3.88. The van der Waals surface area contributed by atoms with E-state index < -0.39 is 11.9 Å². The van der Waals surface area contributed by atoms with E-state index in [1.807, 2.05) is 7.05 Å². The van der Waals surface area contributed by atoms with Gasteiger partial charge in [0.15, 0.2) is 0 Å². The lowest BCUT2D eigenvalue weighted by Crippen LogP contribution is -2.45. The number of likely N-dealkylation sites (tertiary alicyclic amines) is 1. The number of primary amides is 1. The molecule has 0 spiro atoms. The van der Waals surface area contributed by atoms with Gasteiger partial charge >= 0.3 is 0 Å². The maximum atomic E-state index is 11.6. The average molecular weight is 199 g/mol. The molecule has 0 aromatic heterocycles. The van der Waals surface area contributed by atoms with Crippen LogP contribution in [0.25, 0.3) is 0 Å². The van der Waals surface area contributed by atoms with Gasteiger partial charge in [0.1, 0.15) is 6.04 Å². The Labute approximate surface area is 83.6 Å². The molecule has 3 N–H and O–H groups in total. The van der Waals surface area contributed by atoms with Gasteiger partial charge in [-0.05, 0) is 26.9 Å². The van der Waals surface area contributed by atoms with Crippen molar-refractivity contribution in [2.45, 2.75) is 19.4 Å². The molecule has 1 fully saturated rings. The van der Waals surface area contributed by atoms with E-state index in [1.165, 1.54) is 0 Å². The Morgan fingerprint density at radius 3 is 2.64 bits per heavy atom. The molecule has 1 heterocycles. The average Bonchev–Trinajstić information content (AvgIpc) is 2.51. The van der Waals surface area contributed by atoms with Gasteiger partial charge in [-0.25, -0.2) is 0 Å². The summed E-state index contributed by atoms with van der Waals surface area (Å²) in [4.78, 5) is 24.4. The van der Waals surface area contributed by atoms with Crippen LogP contribution in [0.5, 0.6) is 0 Å². The van der Waals surface area contributed by atoms with Crippen molar-refractivity contribution in [1.29, 1.82) is 0 Å². The molecule has 80 valence electrons. The predicted molar refractivity (Wildman–Crippen MR) is 52.4 cm³/mol. The van der Waals surface area contributed by atoms with Gasteiger partial charge in [-0.15, -0.1) is 0 Å². The van der Waals surface area contributed by atoms with Crippen LogP contribution in [0.15, 0.2) is 0 Å². The highest BCUT2D eigenvalue weighted by molar-refractivity contribution is 5.87. The standard InChI is InChI=1S/C9H17N3O2/c1-6(8(10)13)11-9(14)7-3-4-12(2)5-7/h6-7H,3-5H2,1-2H3,(H2,10,13)(H,11,14)/t6-,7?/m1/s1. The number of hydrogen-bond acceptors (Lipinski definition) is 3. The number of nitrogens with zero attached hydrogens (tertiary/aromatic N) is 1. The molecule has 2 atom stereocenters. The highest BCUT2D eigenvalue weighted by Crippen LogP contribution is 2.14. The first-order chi connectivity index (χ1) is 6.50. The number of carbonyl (C=O) groups is 2. The van der Waals surface area contributed by atoms with Crippen molar-refractivity contribution in [3.63, 3.8) is 0 Å². The SMILES string of the molecule is C[C@@H](NC(=O)C1CCN(C)C1)C(N)=O.